The van der Waals surface area contributed by atoms with Crippen molar-refractivity contribution in [2.24, 2.45) is 5.41 Å². The molecule has 30 heavy (non-hydrogen) atoms. The molecule has 0 aliphatic heterocycles. The topological polar surface area (TPSA) is 26.3 Å². The molecule has 0 saturated heterocycles. The van der Waals surface area contributed by atoms with Gasteiger partial charge in [-0.05, 0) is 41.1 Å². The second kappa shape index (κ2) is 8.43. The lowest BCUT2D eigenvalue weighted by Gasteiger charge is -2.52. The van der Waals surface area contributed by atoms with Crippen molar-refractivity contribution >= 4 is 24.5 Å². The van der Waals surface area contributed by atoms with Gasteiger partial charge in [0, 0.05) is 6.42 Å². The molecule has 2 aliphatic carbocycles. The number of carbonyl (C=O) groups excluding carboxylic acids is 1. The van der Waals surface area contributed by atoms with Crippen LogP contribution in [0.3, 0.4) is 0 Å². The molecule has 0 N–H and O–H groups in total. The Labute approximate surface area is 183 Å². The third kappa shape index (κ3) is 3.60. The molecule has 0 aromatic heterocycles. The van der Waals surface area contributed by atoms with E-state index in [1.807, 2.05) is 0 Å². The lowest BCUT2D eigenvalue weighted by atomic mass is 9.63. The fourth-order valence-electron chi connectivity index (χ4n) is 6.00. The minimum absolute atomic E-state index is 0.0327. The van der Waals surface area contributed by atoms with Gasteiger partial charge >= 0.3 is 0 Å². The van der Waals surface area contributed by atoms with Crippen molar-refractivity contribution in [1.29, 1.82) is 0 Å². The summed E-state index contributed by atoms with van der Waals surface area (Å²) in [5.74, 6) is 0.469. The molecule has 2 fully saturated rings. The van der Waals surface area contributed by atoms with E-state index >= 15 is 0 Å². The first-order valence-corrected chi connectivity index (χ1v) is 13.6. The van der Waals surface area contributed by atoms with Gasteiger partial charge in [-0.2, -0.15) is 0 Å². The molecule has 2 nitrogen and oxygen atoms in total. The Morgan fingerprint density at radius 1 is 0.833 bits per heavy atom. The van der Waals surface area contributed by atoms with E-state index < -0.39 is 8.32 Å². The fraction of sp³-hybridized carbons (Fsp3) is 0.519. The number of ketones is 1. The van der Waals surface area contributed by atoms with E-state index in [1.165, 1.54) is 10.4 Å². The van der Waals surface area contributed by atoms with Crippen LogP contribution in [-0.2, 0) is 9.22 Å². The summed E-state index contributed by atoms with van der Waals surface area (Å²) >= 11 is 0. The average Bonchev–Trinajstić information content (AvgIpc) is 2.75. The summed E-state index contributed by atoms with van der Waals surface area (Å²) in [5.41, 5.74) is -0.260. The molecule has 4 rings (SSSR count). The van der Waals surface area contributed by atoms with E-state index in [0.29, 0.717) is 5.78 Å². The first-order chi connectivity index (χ1) is 14.4. The van der Waals surface area contributed by atoms with Crippen molar-refractivity contribution in [2.75, 3.05) is 0 Å². The van der Waals surface area contributed by atoms with Crippen LogP contribution in [0.4, 0.5) is 0 Å². The summed E-state index contributed by atoms with van der Waals surface area (Å²) in [6.45, 7) is 6.99. The third-order valence-electron chi connectivity index (χ3n) is 7.52. The second-order valence-electron chi connectivity index (χ2n) is 10.3. The van der Waals surface area contributed by atoms with Gasteiger partial charge < -0.3 is 4.43 Å². The smallest absolute Gasteiger partial charge is 0.261 e. The molecule has 0 unspecified atom stereocenters. The maximum Gasteiger partial charge on any atom is 0.261 e. The first-order valence-electron chi connectivity index (χ1n) is 11.7. The van der Waals surface area contributed by atoms with Crippen molar-refractivity contribution in [1.82, 2.24) is 0 Å². The number of rotatable bonds is 4. The van der Waals surface area contributed by atoms with Crippen LogP contribution in [0.2, 0.25) is 5.04 Å². The highest BCUT2D eigenvalue weighted by molar-refractivity contribution is 6.99. The van der Waals surface area contributed by atoms with Crippen LogP contribution in [0.25, 0.3) is 0 Å². The molecule has 2 atom stereocenters. The monoisotopic (exact) mass is 420 g/mol. The molecule has 2 aromatic rings. The van der Waals surface area contributed by atoms with Crippen molar-refractivity contribution in [2.45, 2.75) is 83.3 Å². The summed E-state index contributed by atoms with van der Waals surface area (Å²) in [4.78, 5) is 13.3. The summed E-state index contributed by atoms with van der Waals surface area (Å²) in [6.07, 6.45) is 8.33. The van der Waals surface area contributed by atoms with Crippen LogP contribution in [0, 0.1) is 5.41 Å². The molecule has 2 saturated carbocycles. The summed E-state index contributed by atoms with van der Waals surface area (Å²) in [5, 5.41) is 2.58. The number of Topliss-reactive ketones (excluding diaryl/α,β-unsaturated/α-hetero) is 1. The van der Waals surface area contributed by atoms with Crippen molar-refractivity contribution in [3.8, 4) is 0 Å². The molecule has 0 heterocycles. The Bertz CT molecular complexity index is 810. The quantitative estimate of drug-likeness (QED) is 0.599. The zero-order valence-corrected chi connectivity index (χ0v) is 19.8. The minimum atomic E-state index is -2.63. The van der Waals surface area contributed by atoms with Gasteiger partial charge in [0.2, 0.25) is 0 Å². The number of hydrogen-bond donors (Lipinski definition) is 0. The molecule has 2 aliphatic rings. The molecular formula is C27H36O2Si. The second-order valence-corrected chi connectivity index (χ2v) is 14.6. The lowest BCUT2D eigenvalue weighted by Crippen LogP contribution is -2.69. The highest BCUT2D eigenvalue weighted by Gasteiger charge is 2.56. The van der Waals surface area contributed by atoms with Gasteiger partial charge in [0.05, 0.1) is 11.5 Å². The number of carbonyl (C=O) groups is 1. The summed E-state index contributed by atoms with van der Waals surface area (Å²) in [7, 11) is -2.63. The Morgan fingerprint density at radius 2 is 1.37 bits per heavy atom. The van der Waals surface area contributed by atoms with Crippen LogP contribution in [0.1, 0.15) is 72.1 Å². The van der Waals surface area contributed by atoms with E-state index in [-0.39, 0.29) is 16.6 Å². The van der Waals surface area contributed by atoms with Crippen molar-refractivity contribution in [3.05, 3.63) is 60.7 Å². The maximum atomic E-state index is 13.3. The van der Waals surface area contributed by atoms with Gasteiger partial charge in [-0.25, -0.2) is 0 Å². The molecule has 3 heteroatoms. The minimum Gasteiger partial charge on any atom is -0.403 e. The lowest BCUT2D eigenvalue weighted by molar-refractivity contribution is -0.141. The van der Waals surface area contributed by atoms with Crippen LogP contribution in [-0.4, -0.2) is 20.2 Å². The zero-order valence-electron chi connectivity index (χ0n) is 18.8. The molecule has 0 bridgehead atoms. The zero-order chi connectivity index (χ0) is 21.2. The van der Waals surface area contributed by atoms with E-state index in [0.717, 1.165) is 51.4 Å². The molecule has 0 radical (unpaired) electrons. The number of hydrogen-bond acceptors (Lipinski definition) is 2. The highest BCUT2D eigenvalue weighted by Crippen LogP contribution is 2.49. The van der Waals surface area contributed by atoms with E-state index in [9.17, 15) is 4.79 Å². The standard InChI is InChI=1S/C27H36O2Si/c1-26(2,3)30(22-14-6-4-7-15-22,23-16-8-5-9-17-23)29-25-19-11-13-21-27(25)20-12-10-18-24(27)28/h4-9,14-17,25H,10-13,18-21H2,1-3H3/t25-,27-/m1/s1. The molecule has 0 amide bonds. The Kier molecular flexibility index (Phi) is 6.05. The Hall–Kier alpha value is -1.71. The van der Waals surface area contributed by atoms with Crippen LogP contribution in [0.5, 0.6) is 0 Å². The van der Waals surface area contributed by atoms with Gasteiger partial charge in [-0.1, -0.05) is 101 Å². The first kappa shape index (κ1) is 21.5. The van der Waals surface area contributed by atoms with Gasteiger partial charge in [0.1, 0.15) is 5.78 Å². The molecular weight excluding hydrogens is 384 g/mol. The predicted octanol–water partition coefficient (Wildman–Crippen LogP) is 5.64. The normalized spacial score (nSPS) is 25.4. The highest BCUT2D eigenvalue weighted by atomic mass is 28.4. The molecule has 2 aromatic carbocycles. The van der Waals surface area contributed by atoms with Crippen molar-refractivity contribution in [3.63, 3.8) is 0 Å². The van der Waals surface area contributed by atoms with Gasteiger partial charge in [-0.15, -0.1) is 0 Å². The van der Waals surface area contributed by atoms with Crippen LogP contribution in [0.15, 0.2) is 60.7 Å². The maximum absolute atomic E-state index is 13.3. The van der Waals surface area contributed by atoms with Crippen LogP contribution < -0.4 is 10.4 Å². The average molecular weight is 421 g/mol. The predicted molar refractivity (Wildman–Crippen MR) is 127 cm³/mol. The fourth-order valence-corrected chi connectivity index (χ4v) is 10.8. The van der Waals surface area contributed by atoms with Crippen LogP contribution >= 0.6 is 0 Å². The SMILES string of the molecule is CC(C)(C)[Si](O[C@@H]1CCCC[C@@]12CCCCC2=O)(c1ccccc1)c1ccccc1. The largest absolute Gasteiger partial charge is 0.403 e. The van der Waals surface area contributed by atoms with Crippen molar-refractivity contribution < 1.29 is 9.22 Å². The number of benzene rings is 2. The van der Waals surface area contributed by atoms with Gasteiger partial charge in [0.25, 0.3) is 8.32 Å². The third-order valence-corrected chi connectivity index (χ3v) is 12.6. The van der Waals surface area contributed by atoms with E-state index in [2.05, 4.69) is 81.4 Å². The summed E-state index contributed by atoms with van der Waals surface area (Å²) < 4.78 is 7.50. The Morgan fingerprint density at radius 3 is 1.90 bits per heavy atom. The molecule has 160 valence electrons. The Balaban J connectivity index is 1.87. The summed E-state index contributed by atoms with van der Waals surface area (Å²) in [6, 6.07) is 21.7. The van der Waals surface area contributed by atoms with Gasteiger partial charge in [-0.3, -0.25) is 4.79 Å². The molecule has 1 spiro atoms. The van der Waals surface area contributed by atoms with Gasteiger partial charge in [0.15, 0.2) is 0 Å². The van der Waals surface area contributed by atoms with E-state index in [4.69, 9.17) is 4.43 Å². The van der Waals surface area contributed by atoms with E-state index in [1.54, 1.807) is 0 Å².